The fourth-order valence-corrected chi connectivity index (χ4v) is 2.64. The van der Waals surface area contributed by atoms with Gasteiger partial charge in [0.2, 0.25) is 5.91 Å². The van der Waals surface area contributed by atoms with Crippen molar-refractivity contribution in [3.05, 3.63) is 58.6 Å². The van der Waals surface area contributed by atoms with Crippen LogP contribution in [0, 0.1) is 0 Å². The van der Waals surface area contributed by atoms with E-state index in [0.717, 1.165) is 16.6 Å². The molecule has 0 fully saturated rings. The minimum atomic E-state index is -0.169. The standard InChI is InChI=1S/C19H22BrN3O3/c1-26-10-4-9-21-19(25)14-5-2-7-16(11-14)22-13-18(24)23-17-8-3-6-15(20)12-17/h2-3,5-8,11-12,22H,4,9-10,13H2,1H3,(H,21,25)(H,23,24). The zero-order chi connectivity index (χ0) is 18.8. The Bertz CT molecular complexity index is 752. The van der Waals surface area contributed by atoms with Gasteiger partial charge in [-0.15, -0.1) is 0 Å². The highest BCUT2D eigenvalue weighted by atomic mass is 79.9. The zero-order valence-electron chi connectivity index (χ0n) is 14.5. The summed E-state index contributed by atoms with van der Waals surface area (Å²) in [4.78, 5) is 24.1. The predicted octanol–water partition coefficient (Wildman–Crippen LogP) is 3.27. The van der Waals surface area contributed by atoms with Gasteiger partial charge in [0.05, 0.1) is 6.54 Å². The number of halogens is 1. The van der Waals surface area contributed by atoms with Crippen molar-refractivity contribution < 1.29 is 14.3 Å². The topological polar surface area (TPSA) is 79.5 Å². The van der Waals surface area contributed by atoms with E-state index in [0.29, 0.717) is 24.4 Å². The second-order valence-corrected chi connectivity index (χ2v) is 6.51. The normalized spacial score (nSPS) is 10.2. The lowest BCUT2D eigenvalue weighted by atomic mass is 10.2. The first-order valence-corrected chi connectivity index (χ1v) is 9.04. The van der Waals surface area contributed by atoms with Gasteiger partial charge in [-0.3, -0.25) is 9.59 Å². The number of hydrogen-bond donors (Lipinski definition) is 3. The number of hydrogen-bond acceptors (Lipinski definition) is 4. The summed E-state index contributed by atoms with van der Waals surface area (Å²) in [7, 11) is 1.63. The first kappa shape index (κ1) is 19.9. The number of carbonyl (C=O) groups excluding carboxylic acids is 2. The molecule has 0 aromatic heterocycles. The number of carbonyl (C=O) groups is 2. The van der Waals surface area contributed by atoms with Gasteiger partial charge in [-0.1, -0.05) is 28.1 Å². The summed E-state index contributed by atoms with van der Waals surface area (Å²) in [5, 5.41) is 8.67. The average Bonchev–Trinajstić information content (AvgIpc) is 2.64. The van der Waals surface area contributed by atoms with Crippen LogP contribution in [0.4, 0.5) is 11.4 Å². The lowest BCUT2D eigenvalue weighted by molar-refractivity contribution is -0.114. The molecule has 0 unspecified atom stereocenters. The minimum absolute atomic E-state index is 0.103. The monoisotopic (exact) mass is 419 g/mol. The van der Waals surface area contributed by atoms with E-state index in [-0.39, 0.29) is 18.4 Å². The summed E-state index contributed by atoms with van der Waals surface area (Å²) in [6.45, 7) is 1.26. The van der Waals surface area contributed by atoms with Crippen molar-refractivity contribution in [1.29, 1.82) is 0 Å². The predicted molar refractivity (Wildman–Crippen MR) is 107 cm³/mol. The quantitative estimate of drug-likeness (QED) is 0.544. The van der Waals surface area contributed by atoms with Crippen molar-refractivity contribution in [2.75, 3.05) is 37.4 Å². The highest BCUT2D eigenvalue weighted by Crippen LogP contribution is 2.15. The lowest BCUT2D eigenvalue weighted by Gasteiger charge is -2.10. The number of ether oxygens (including phenoxy) is 1. The summed E-state index contributed by atoms with van der Waals surface area (Å²) in [5.41, 5.74) is 1.97. The van der Waals surface area contributed by atoms with Gasteiger partial charge < -0.3 is 20.7 Å². The van der Waals surface area contributed by atoms with Crippen LogP contribution >= 0.6 is 15.9 Å². The van der Waals surface area contributed by atoms with Crippen LogP contribution in [0.1, 0.15) is 16.8 Å². The number of benzene rings is 2. The van der Waals surface area contributed by atoms with Gasteiger partial charge in [-0.2, -0.15) is 0 Å². The molecule has 6 nitrogen and oxygen atoms in total. The van der Waals surface area contributed by atoms with Gasteiger partial charge in [0, 0.05) is 41.7 Å². The third-order valence-electron chi connectivity index (χ3n) is 3.50. The Labute approximate surface area is 161 Å². The Morgan fingerprint density at radius 3 is 2.62 bits per heavy atom. The first-order chi connectivity index (χ1) is 12.6. The van der Waals surface area contributed by atoms with Crippen LogP contribution in [-0.4, -0.2) is 38.6 Å². The number of amides is 2. The summed E-state index contributed by atoms with van der Waals surface area (Å²) in [5.74, 6) is -0.319. The largest absolute Gasteiger partial charge is 0.385 e. The molecule has 2 rings (SSSR count). The van der Waals surface area contributed by atoms with E-state index in [2.05, 4.69) is 31.9 Å². The molecule has 2 aromatic rings. The van der Waals surface area contributed by atoms with E-state index in [1.165, 1.54) is 0 Å². The van der Waals surface area contributed by atoms with Gasteiger partial charge in [-0.05, 0) is 42.8 Å². The molecular formula is C19H22BrN3O3. The van der Waals surface area contributed by atoms with Crippen LogP contribution in [0.3, 0.4) is 0 Å². The molecule has 0 atom stereocenters. The van der Waals surface area contributed by atoms with E-state index < -0.39 is 0 Å². The van der Waals surface area contributed by atoms with E-state index in [4.69, 9.17) is 4.74 Å². The molecule has 0 aliphatic carbocycles. The Kier molecular flexibility index (Phi) is 8.11. The van der Waals surface area contributed by atoms with E-state index in [1.54, 1.807) is 25.3 Å². The lowest BCUT2D eigenvalue weighted by Crippen LogP contribution is -2.25. The number of nitrogens with one attached hydrogen (secondary N) is 3. The van der Waals surface area contributed by atoms with E-state index in [9.17, 15) is 9.59 Å². The fraction of sp³-hybridized carbons (Fsp3) is 0.263. The van der Waals surface area contributed by atoms with Crippen LogP contribution in [0.15, 0.2) is 53.0 Å². The van der Waals surface area contributed by atoms with Gasteiger partial charge in [0.25, 0.3) is 5.91 Å². The molecule has 3 N–H and O–H groups in total. The number of rotatable bonds is 9. The van der Waals surface area contributed by atoms with Gasteiger partial charge in [0.1, 0.15) is 0 Å². The van der Waals surface area contributed by atoms with Crippen LogP contribution < -0.4 is 16.0 Å². The summed E-state index contributed by atoms with van der Waals surface area (Å²) < 4.78 is 5.85. The summed E-state index contributed by atoms with van der Waals surface area (Å²) in [6, 6.07) is 14.4. The maximum absolute atomic E-state index is 12.1. The SMILES string of the molecule is COCCCNC(=O)c1cccc(NCC(=O)Nc2cccc(Br)c2)c1. The molecule has 0 radical (unpaired) electrons. The van der Waals surface area contributed by atoms with Gasteiger partial charge in [-0.25, -0.2) is 0 Å². The smallest absolute Gasteiger partial charge is 0.251 e. The third-order valence-corrected chi connectivity index (χ3v) is 3.99. The molecule has 7 heteroatoms. The first-order valence-electron chi connectivity index (χ1n) is 8.25. The molecular weight excluding hydrogens is 398 g/mol. The Morgan fingerprint density at radius 1 is 1.08 bits per heavy atom. The summed E-state index contributed by atoms with van der Waals surface area (Å²) >= 11 is 3.36. The molecule has 0 bridgehead atoms. The van der Waals surface area contributed by atoms with Crippen molar-refractivity contribution in [3.8, 4) is 0 Å². The minimum Gasteiger partial charge on any atom is -0.385 e. The second-order valence-electron chi connectivity index (χ2n) is 5.60. The Balaban J connectivity index is 1.84. The van der Waals surface area contributed by atoms with E-state index in [1.807, 2.05) is 30.3 Å². The third kappa shape index (κ3) is 6.85. The van der Waals surface area contributed by atoms with Crippen molar-refractivity contribution in [2.24, 2.45) is 0 Å². The van der Waals surface area contributed by atoms with Gasteiger partial charge >= 0.3 is 0 Å². The summed E-state index contributed by atoms with van der Waals surface area (Å²) in [6.07, 6.45) is 0.760. The molecule has 26 heavy (non-hydrogen) atoms. The molecule has 0 heterocycles. The highest BCUT2D eigenvalue weighted by Gasteiger charge is 2.07. The molecule has 0 spiro atoms. The average molecular weight is 420 g/mol. The number of methoxy groups -OCH3 is 1. The molecule has 0 aliphatic heterocycles. The van der Waals surface area contributed by atoms with Crippen LogP contribution in [0.2, 0.25) is 0 Å². The maximum atomic E-state index is 12.1. The van der Waals surface area contributed by atoms with Crippen molar-refractivity contribution >= 4 is 39.1 Å². The maximum Gasteiger partial charge on any atom is 0.251 e. The highest BCUT2D eigenvalue weighted by molar-refractivity contribution is 9.10. The Hall–Kier alpha value is -2.38. The molecule has 2 aromatic carbocycles. The molecule has 0 saturated carbocycles. The fourth-order valence-electron chi connectivity index (χ4n) is 2.24. The van der Waals surface area contributed by atoms with Gasteiger partial charge in [0.15, 0.2) is 0 Å². The molecule has 0 aliphatic rings. The van der Waals surface area contributed by atoms with Crippen molar-refractivity contribution in [1.82, 2.24) is 5.32 Å². The second kappa shape index (κ2) is 10.6. The Morgan fingerprint density at radius 2 is 1.85 bits per heavy atom. The zero-order valence-corrected chi connectivity index (χ0v) is 16.1. The number of anilines is 2. The van der Waals surface area contributed by atoms with Crippen LogP contribution in [0.25, 0.3) is 0 Å². The molecule has 138 valence electrons. The molecule has 0 saturated heterocycles. The van der Waals surface area contributed by atoms with Crippen molar-refractivity contribution in [3.63, 3.8) is 0 Å². The van der Waals surface area contributed by atoms with E-state index >= 15 is 0 Å². The molecule has 2 amide bonds. The van der Waals surface area contributed by atoms with Crippen LogP contribution in [-0.2, 0) is 9.53 Å². The van der Waals surface area contributed by atoms with Crippen molar-refractivity contribution in [2.45, 2.75) is 6.42 Å². The van der Waals surface area contributed by atoms with Crippen LogP contribution in [0.5, 0.6) is 0 Å².